The lowest BCUT2D eigenvalue weighted by atomic mass is 10.1. The topological polar surface area (TPSA) is 396 Å². The fourth-order valence-corrected chi connectivity index (χ4v) is 15.5. The molecule has 2 saturated carbocycles. The minimum absolute atomic E-state index is 0. The molecule has 4 aliphatic heterocycles. The Morgan fingerprint density at radius 2 is 0.921 bits per heavy atom. The minimum atomic E-state index is -4.26. The van der Waals surface area contributed by atoms with Gasteiger partial charge in [0.25, 0.3) is 11.8 Å². The standard InChI is InChI=1S/C39H58FN5O10S.C20H37N3O5S.C19H23FN2O6.CH4/c1-7-28-23-39(28,35(48)42-56(51,52)43(5)21-16-14-12-10-8-9-11-13-15-20-33(46)53-6)41-34(47)32-22-29(25-45(32)37(50)55-38(2,3)4)54-36(49)44-24-27-18-17-19-31(40)30(27)26-44;1-4-17-16-20(17,21)19(25)22-29(26,27)23(2)15-13-11-9-7-5-6-8-10-12-14-18(24)28-3;1-19(2,3)28-18(26)22-9-12(7-15(22)16(23)24)27-17(25)21-8-11-5-4-6-14(20)13(11)10-21;/h7,17-19,28-29,32H,1,8-16,20-26H2,2-6H3,(H,41,47)(H,42,48);4,17H,1,5-16,21H2,2-3H3,(H,22,25);4-6,12,15H,7-10H2,1-3H3,(H,23,24);1H4/t28-,29-,32+,39-;17-,20-;12-,15+;/m111./s1. The van der Waals surface area contributed by atoms with Gasteiger partial charge in [0, 0.05) is 88.9 Å². The van der Waals surface area contributed by atoms with Gasteiger partial charge in [0.1, 0.15) is 58.2 Å². The molecule has 0 unspecified atom stereocenters. The van der Waals surface area contributed by atoms with Gasteiger partial charge in [-0.15, -0.1) is 13.2 Å². The Morgan fingerprint density at radius 1 is 0.553 bits per heavy atom. The van der Waals surface area contributed by atoms with E-state index in [2.05, 4.69) is 37.4 Å². The summed E-state index contributed by atoms with van der Waals surface area (Å²) in [7, 11) is -2.49. The Balaban J connectivity index is 0.000000336. The number of ether oxygens (including phenoxy) is 6. The van der Waals surface area contributed by atoms with Crippen LogP contribution in [0.1, 0.15) is 225 Å². The Morgan fingerprint density at radius 3 is 1.27 bits per heavy atom. The van der Waals surface area contributed by atoms with Crippen LogP contribution >= 0.6 is 0 Å². The van der Waals surface area contributed by atoms with E-state index in [0.29, 0.717) is 54.5 Å². The molecule has 2 aromatic carbocycles. The average Bonchev–Trinajstić information content (AvgIpc) is 1.58. The molecule has 35 heteroatoms. The van der Waals surface area contributed by atoms with Gasteiger partial charge >= 0.3 is 62.7 Å². The predicted molar refractivity (Wildman–Crippen MR) is 419 cm³/mol. The number of unbranched alkanes of at least 4 members (excludes halogenated alkanes) is 16. The van der Waals surface area contributed by atoms with Crippen molar-refractivity contribution in [2.75, 3.05) is 54.5 Å². The van der Waals surface area contributed by atoms with Crippen LogP contribution in [0.4, 0.5) is 28.0 Å². The maximum atomic E-state index is 14.3. The van der Waals surface area contributed by atoms with Gasteiger partial charge in [0.2, 0.25) is 5.91 Å². The fraction of sp³-hybridized carbons (Fsp3) is 0.671. The van der Waals surface area contributed by atoms with Gasteiger partial charge in [-0.3, -0.25) is 43.6 Å². The number of esters is 2. The number of carbonyl (C=O) groups is 10. The molecule has 114 heavy (non-hydrogen) atoms. The smallest absolute Gasteiger partial charge is 0.411 e. The lowest BCUT2D eigenvalue weighted by Gasteiger charge is -2.29. The van der Waals surface area contributed by atoms with Gasteiger partial charge in [0.15, 0.2) is 0 Å². The van der Waals surface area contributed by atoms with Crippen LogP contribution in [0.5, 0.6) is 0 Å². The van der Waals surface area contributed by atoms with Crippen molar-refractivity contribution in [3.63, 3.8) is 0 Å². The summed E-state index contributed by atoms with van der Waals surface area (Å²) < 4.78 is 117. The molecule has 8 atom stereocenters. The molecule has 8 rings (SSSR count). The zero-order valence-corrected chi connectivity index (χ0v) is 68.7. The number of rotatable bonds is 37. The number of nitrogens with two attached hydrogens (primary N) is 1. The number of carbonyl (C=O) groups excluding carboxylic acids is 9. The summed E-state index contributed by atoms with van der Waals surface area (Å²) in [6.45, 7) is 18.1. The first-order valence-electron chi connectivity index (χ1n) is 38.8. The summed E-state index contributed by atoms with van der Waals surface area (Å²) >= 11 is 0. The first kappa shape index (κ1) is 96.0. The monoisotopic (exact) mass is 1650 g/mol. The lowest BCUT2D eigenvalue weighted by Crippen LogP contribution is -2.57. The number of carboxylic acid groups (broad SMARTS) is 1. The van der Waals surface area contributed by atoms with Crippen molar-refractivity contribution in [1.82, 2.24) is 43.0 Å². The van der Waals surface area contributed by atoms with Crippen LogP contribution in [0, 0.1) is 23.5 Å². The van der Waals surface area contributed by atoms with Crippen molar-refractivity contribution in [3.05, 3.63) is 95.6 Å². The Bertz CT molecular complexity index is 3920. The van der Waals surface area contributed by atoms with E-state index in [1.165, 1.54) is 60.6 Å². The average molecular weight is 1650 g/mol. The van der Waals surface area contributed by atoms with E-state index in [9.17, 15) is 78.7 Å². The summed E-state index contributed by atoms with van der Waals surface area (Å²) in [6.07, 6.45) is 17.1. The first-order chi connectivity index (χ1) is 53.1. The number of likely N-dealkylation sites (tertiary alicyclic amines) is 2. The van der Waals surface area contributed by atoms with Crippen LogP contribution in [0.15, 0.2) is 61.7 Å². The van der Waals surface area contributed by atoms with Gasteiger partial charge in [0.05, 0.1) is 40.4 Å². The largest absolute Gasteiger partial charge is 0.480 e. The molecular weight excluding hydrogens is 1530 g/mol. The van der Waals surface area contributed by atoms with E-state index < -0.39 is 127 Å². The molecule has 0 spiro atoms. The third-order valence-electron chi connectivity index (χ3n) is 20.5. The van der Waals surface area contributed by atoms with E-state index in [4.69, 9.17) is 24.7 Å². The first-order valence-corrected chi connectivity index (χ1v) is 41.7. The van der Waals surface area contributed by atoms with Crippen LogP contribution in [0.3, 0.4) is 0 Å². The van der Waals surface area contributed by atoms with Crippen LogP contribution in [0.25, 0.3) is 0 Å². The van der Waals surface area contributed by atoms with Gasteiger partial charge in [-0.25, -0.2) is 42.2 Å². The summed E-state index contributed by atoms with van der Waals surface area (Å²) in [5.74, 6) is -5.44. The second-order valence-corrected chi connectivity index (χ2v) is 35.3. The SMILES string of the molecule is C.C=C[C@@H]1C[C@]1(N)C(=O)NS(=O)(=O)N(C)CCCCCCCCCCCC(=O)OC.C=C[C@@H]1C[C@]1(NC(=O)[C@@H]1C[C@@H](OC(=O)N2Cc3cccc(F)c3C2)CN1C(=O)OC(C)(C)C)C(=O)NS(=O)(=O)N(C)CCCCCCCCCCCC(=O)OC.CC(C)(C)OC(=O)N1C[C@H](OC(=O)N2Cc3cccc(F)c3C2)C[C@H]1C(=O)O. The van der Waals surface area contributed by atoms with E-state index in [1.54, 1.807) is 71.9 Å². The Labute approximate surface area is 670 Å². The summed E-state index contributed by atoms with van der Waals surface area (Å²) in [6, 6.07) is 6.89. The number of hydrogen-bond acceptors (Lipinski definition) is 21. The van der Waals surface area contributed by atoms with Crippen LogP contribution in [-0.4, -0.2) is 211 Å². The Hall–Kier alpha value is -8.54. The van der Waals surface area contributed by atoms with Crippen molar-refractivity contribution >= 4 is 80.4 Å². The van der Waals surface area contributed by atoms with Gasteiger partial charge in [-0.1, -0.05) is 134 Å². The third-order valence-corrected chi connectivity index (χ3v) is 23.4. The van der Waals surface area contributed by atoms with E-state index in [1.807, 2.05) is 0 Å². The van der Waals surface area contributed by atoms with Crippen LogP contribution in [-0.2, 0) is 104 Å². The summed E-state index contributed by atoms with van der Waals surface area (Å²) in [5.41, 5.74) is 3.63. The van der Waals surface area contributed by atoms with Crippen molar-refractivity contribution in [3.8, 4) is 0 Å². The molecule has 0 radical (unpaired) electrons. The second kappa shape index (κ2) is 43.4. The number of methoxy groups -OCH3 is 2. The molecule has 4 fully saturated rings. The molecule has 4 heterocycles. The molecule has 7 amide bonds. The van der Waals surface area contributed by atoms with Gasteiger partial charge < -0.3 is 44.6 Å². The van der Waals surface area contributed by atoms with E-state index >= 15 is 0 Å². The molecule has 6 N–H and O–H groups in total. The van der Waals surface area contributed by atoms with E-state index in [-0.39, 0.29) is 96.2 Å². The van der Waals surface area contributed by atoms with Crippen molar-refractivity contribution < 1.29 is 107 Å². The molecule has 2 aromatic rings. The quantitative estimate of drug-likeness (QED) is 0.0181. The number of fused-ring (bicyclic) bond motifs is 2. The van der Waals surface area contributed by atoms with Crippen molar-refractivity contribution in [2.24, 2.45) is 17.6 Å². The highest BCUT2D eigenvalue weighted by Crippen LogP contribution is 2.46. The molecule has 0 bridgehead atoms. The van der Waals surface area contributed by atoms with Crippen molar-refractivity contribution in [1.29, 1.82) is 0 Å². The molecular formula is C79H122F2N10O21S2. The molecule has 2 aliphatic carbocycles. The maximum Gasteiger partial charge on any atom is 0.411 e. The lowest BCUT2D eigenvalue weighted by molar-refractivity contribution is -0.142. The minimum Gasteiger partial charge on any atom is -0.480 e. The Kier molecular flexibility index (Phi) is 36.6. The summed E-state index contributed by atoms with van der Waals surface area (Å²) in [5, 5.41) is 12.1. The van der Waals surface area contributed by atoms with E-state index in [0.717, 1.165) is 123 Å². The molecule has 640 valence electrons. The molecule has 2 saturated heterocycles. The highest BCUT2D eigenvalue weighted by Gasteiger charge is 2.62. The third kappa shape index (κ3) is 28.7. The van der Waals surface area contributed by atoms with Crippen LogP contribution in [0.2, 0.25) is 0 Å². The highest BCUT2D eigenvalue weighted by molar-refractivity contribution is 7.88. The van der Waals surface area contributed by atoms with Gasteiger partial charge in [-0.2, -0.15) is 25.4 Å². The maximum absolute atomic E-state index is 14.3. The highest BCUT2D eigenvalue weighted by atomic mass is 32.2. The van der Waals surface area contributed by atoms with Gasteiger partial charge in [-0.05, 0) is 103 Å². The number of carboxylic acids is 1. The number of amides is 7. The number of nitrogens with zero attached hydrogens (tertiary/aromatic N) is 6. The molecule has 0 aromatic heterocycles. The fourth-order valence-electron chi connectivity index (χ4n) is 13.6. The second-order valence-electron chi connectivity index (χ2n) is 31.7. The van der Waals surface area contributed by atoms with Crippen LogP contribution < -0.4 is 20.5 Å². The van der Waals surface area contributed by atoms with Crippen molar-refractivity contribution in [2.45, 2.75) is 276 Å². The number of nitrogens with one attached hydrogen (secondary N) is 3. The zero-order valence-electron chi connectivity index (χ0n) is 67.1. The molecule has 6 aliphatic rings. The normalized spacial score (nSPS) is 21.3. The number of benzene rings is 2. The molecule has 31 nitrogen and oxygen atoms in total. The number of halogens is 2. The zero-order chi connectivity index (χ0) is 83.8. The summed E-state index contributed by atoms with van der Waals surface area (Å²) in [4.78, 5) is 129. The number of hydrogen-bond donors (Lipinski definition) is 5. The predicted octanol–water partition coefficient (Wildman–Crippen LogP) is 10.7. The number of aliphatic carboxylic acids is 1.